The summed E-state index contributed by atoms with van der Waals surface area (Å²) >= 11 is 0. The molecule has 1 fully saturated rings. The van der Waals surface area contributed by atoms with Gasteiger partial charge in [-0.1, -0.05) is 6.92 Å². The van der Waals surface area contributed by atoms with Crippen LogP contribution >= 0.6 is 0 Å². The van der Waals surface area contributed by atoms with Gasteiger partial charge >= 0.3 is 0 Å². The molecular weight excluding hydrogens is 234 g/mol. The number of nitrogens with zero attached hydrogens (tertiary/aromatic N) is 1. The lowest BCUT2D eigenvalue weighted by Gasteiger charge is -2.27. The zero-order valence-corrected chi connectivity index (χ0v) is 11.8. The predicted molar refractivity (Wildman–Crippen MR) is 68.2 cm³/mol. The first-order valence-corrected chi connectivity index (χ1v) is 6.57. The van der Waals surface area contributed by atoms with Crippen LogP contribution in [0.5, 0.6) is 0 Å². The fraction of sp³-hybridized carbons (Fsp3) is 0.923. The molecule has 1 aliphatic heterocycles. The molecule has 5 heteroatoms. The van der Waals surface area contributed by atoms with E-state index in [4.69, 9.17) is 14.6 Å². The third-order valence-electron chi connectivity index (χ3n) is 3.77. The van der Waals surface area contributed by atoms with Crippen LogP contribution in [0.2, 0.25) is 0 Å². The molecule has 0 aromatic carbocycles. The van der Waals surface area contributed by atoms with E-state index < -0.39 is 0 Å². The molecule has 106 valence electrons. The van der Waals surface area contributed by atoms with E-state index in [1.165, 1.54) is 0 Å². The lowest BCUT2D eigenvalue weighted by Crippen LogP contribution is -2.43. The van der Waals surface area contributed by atoms with Gasteiger partial charge in [0.25, 0.3) is 0 Å². The summed E-state index contributed by atoms with van der Waals surface area (Å²) in [7, 11) is 1.60. The topological polar surface area (TPSA) is 59.0 Å². The minimum atomic E-state index is -0.122. The smallest absolute Gasteiger partial charge is 0.228 e. The number of hydrogen-bond acceptors (Lipinski definition) is 4. The highest BCUT2D eigenvalue weighted by Gasteiger charge is 2.43. The Morgan fingerprint density at radius 1 is 1.28 bits per heavy atom. The standard InChI is InChI=1S/C13H25NO4/c1-9-10(2)18-11(3)12(9)13(16)14(5-7-15)6-8-17-4/h9-12,15H,5-8H2,1-4H3. The van der Waals surface area contributed by atoms with E-state index in [9.17, 15) is 4.79 Å². The van der Waals surface area contributed by atoms with Gasteiger partial charge in [-0.3, -0.25) is 4.79 Å². The van der Waals surface area contributed by atoms with E-state index in [1.54, 1.807) is 12.0 Å². The van der Waals surface area contributed by atoms with Crippen molar-refractivity contribution >= 4 is 5.91 Å². The second-order valence-corrected chi connectivity index (χ2v) is 4.97. The average Bonchev–Trinajstić information content (AvgIpc) is 2.58. The lowest BCUT2D eigenvalue weighted by atomic mass is 9.88. The van der Waals surface area contributed by atoms with Crippen LogP contribution in [0.3, 0.4) is 0 Å². The average molecular weight is 259 g/mol. The highest BCUT2D eigenvalue weighted by molar-refractivity contribution is 5.80. The molecule has 1 amide bonds. The maximum absolute atomic E-state index is 12.5. The number of methoxy groups -OCH3 is 1. The van der Waals surface area contributed by atoms with Crippen LogP contribution in [0.15, 0.2) is 0 Å². The van der Waals surface area contributed by atoms with Crippen molar-refractivity contribution in [2.24, 2.45) is 11.8 Å². The molecule has 0 radical (unpaired) electrons. The van der Waals surface area contributed by atoms with Crippen LogP contribution in [0.1, 0.15) is 20.8 Å². The van der Waals surface area contributed by atoms with Crippen LogP contribution in [0.25, 0.3) is 0 Å². The molecule has 1 N–H and O–H groups in total. The van der Waals surface area contributed by atoms with Gasteiger partial charge in [0.15, 0.2) is 0 Å². The Hall–Kier alpha value is -0.650. The Balaban J connectivity index is 2.69. The number of aliphatic hydroxyl groups is 1. The third-order valence-corrected chi connectivity index (χ3v) is 3.77. The van der Waals surface area contributed by atoms with Gasteiger partial charge in [-0.25, -0.2) is 0 Å². The van der Waals surface area contributed by atoms with Crippen LogP contribution < -0.4 is 0 Å². The Morgan fingerprint density at radius 2 is 1.94 bits per heavy atom. The molecular formula is C13H25NO4. The zero-order valence-electron chi connectivity index (χ0n) is 11.8. The van der Waals surface area contributed by atoms with Crippen LogP contribution in [0, 0.1) is 11.8 Å². The number of aliphatic hydroxyl groups excluding tert-OH is 1. The molecule has 0 saturated carbocycles. The lowest BCUT2D eigenvalue weighted by molar-refractivity contribution is -0.139. The van der Waals surface area contributed by atoms with Crippen LogP contribution in [-0.4, -0.2) is 61.5 Å². The van der Waals surface area contributed by atoms with Crippen molar-refractivity contribution in [3.8, 4) is 0 Å². The van der Waals surface area contributed by atoms with Gasteiger partial charge < -0.3 is 19.5 Å². The van der Waals surface area contributed by atoms with Crippen molar-refractivity contribution in [2.75, 3.05) is 33.4 Å². The summed E-state index contributed by atoms with van der Waals surface area (Å²) in [6, 6.07) is 0. The van der Waals surface area contributed by atoms with E-state index in [-0.39, 0.29) is 36.6 Å². The summed E-state index contributed by atoms with van der Waals surface area (Å²) in [5.74, 6) is 0.144. The van der Waals surface area contributed by atoms with Gasteiger partial charge in [0.1, 0.15) is 0 Å². The van der Waals surface area contributed by atoms with Crippen LogP contribution in [0.4, 0.5) is 0 Å². The Labute approximate surface area is 109 Å². The van der Waals surface area contributed by atoms with E-state index in [0.717, 1.165) is 0 Å². The second-order valence-electron chi connectivity index (χ2n) is 4.97. The molecule has 0 aromatic heterocycles. The Bertz CT molecular complexity index is 272. The molecule has 0 aromatic rings. The highest BCUT2D eigenvalue weighted by atomic mass is 16.5. The third kappa shape index (κ3) is 3.43. The van der Waals surface area contributed by atoms with E-state index in [1.807, 2.05) is 20.8 Å². The predicted octanol–water partition coefficient (Wildman–Crippen LogP) is 0.513. The molecule has 5 nitrogen and oxygen atoms in total. The molecule has 1 saturated heterocycles. The van der Waals surface area contributed by atoms with Crippen molar-refractivity contribution < 1.29 is 19.4 Å². The molecule has 4 atom stereocenters. The summed E-state index contributed by atoms with van der Waals surface area (Å²) in [6.07, 6.45) is 0.0404. The molecule has 4 unspecified atom stereocenters. The van der Waals surface area contributed by atoms with E-state index in [0.29, 0.717) is 19.7 Å². The fourth-order valence-corrected chi connectivity index (χ4v) is 2.56. The molecule has 0 bridgehead atoms. The summed E-state index contributed by atoms with van der Waals surface area (Å²) in [4.78, 5) is 14.2. The minimum Gasteiger partial charge on any atom is -0.395 e. The van der Waals surface area contributed by atoms with Gasteiger partial charge in [-0.05, 0) is 19.8 Å². The first kappa shape index (κ1) is 15.4. The van der Waals surface area contributed by atoms with Crippen LogP contribution in [-0.2, 0) is 14.3 Å². The minimum absolute atomic E-state index is 0.0264. The summed E-state index contributed by atoms with van der Waals surface area (Å²) < 4.78 is 10.7. The SMILES string of the molecule is COCCN(CCO)C(=O)C1C(C)OC(C)C1C. The quantitative estimate of drug-likeness (QED) is 0.755. The van der Waals surface area contributed by atoms with Crippen molar-refractivity contribution in [3.63, 3.8) is 0 Å². The van der Waals surface area contributed by atoms with Crippen molar-refractivity contribution in [2.45, 2.75) is 33.0 Å². The molecule has 1 aliphatic rings. The van der Waals surface area contributed by atoms with E-state index in [2.05, 4.69) is 0 Å². The zero-order chi connectivity index (χ0) is 13.7. The number of ether oxygens (including phenoxy) is 2. The largest absolute Gasteiger partial charge is 0.395 e. The summed E-state index contributed by atoms with van der Waals surface area (Å²) in [5, 5.41) is 9.05. The highest BCUT2D eigenvalue weighted by Crippen LogP contribution is 2.33. The number of amides is 1. The van der Waals surface area contributed by atoms with Gasteiger partial charge in [0.05, 0.1) is 31.3 Å². The van der Waals surface area contributed by atoms with E-state index >= 15 is 0 Å². The molecule has 1 rings (SSSR count). The first-order valence-electron chi connectivity index (χ1n) is 6.57. The molecule has 0 spiro atoms. The number of hydrogen-bond donors (Lipinski definition) is 1. The maximum atomic E-state index is 12.5. The van der Waals surface area contributed by atoms with Gasteiger partial charge in [-0.15, -0.1) is 0 Å². The number of carbonyl (C=O) groups excluding carboxylic acids is 1. The molecule has 1 heterocycles. The van der Waals surface area contributed by atoms with Gasteiger partial charge in [0, 0.05) is 20.2 Å². The second kappa shape index (κ2) is 7.07. The molecule has 18 heavy (non-hydrogen) atoms. The first-order chi connectivity index (χ1) is 8.52. The van der Waals surface area contributed by atoms with Crippen molar-refractivity contribution in [1.82, 2.24) is 4.90 Å². The van der Waals surface area contributed by atoms with Gasteiger partial charge in [0.2, 0.25) is 5.91 Å². The summed E-state index contributed by atoms with van der Waals surface area (Å²) in [5.41, 5.74) is 0. The van der Waals surface area contributed by atoms with Crippen molar-refractivity contribution in [3.05, 3.63) is 0 Å². The van der Waals surface area contributed by atoms with Crippen molar-refractivity contribution in [1.29, 1.82) is 0 Å². The fourth-order valence-electron chi connectivity index (χ4n) is 2.56. The molecule has 0 aliphatic carbocycles. The number of carbonyl (C=O) groups is 1. The maximum Gasteiger partial charge on any atom is 0.228 e. The normalized spacial score (nSPS) is 31.6. The number of rotatable bonds is 6. The van der Waals surface area contributed by atoms with Gasteiger partial charge in [-0.2, -0.15) is 0 Å². The Kier molecular flexibility index (Phi) is 6.05. The Morgan fingerprint density at radius 3 is 2.39 bits per heavy atom. The monoisotopic (exact) mass is 259 g/mol. The summed E-state index contributed by atoms with van der Waals surface area (Å²) in [6.45, 7) is 7.31.